The second-order valence-electron chi connectivity index (χ2n) is 5.39. The predicted octanol–water partition coefficient (Wildman–Crippen LogP) is -3.51. The molecule has 0 unspecified atom stereocenters. The van der Waals surface area contributed by atoms with Gasteiger partial charge in [-0.2, -0.15) is 0 Å². The van der Waals surface area contributed by atoms with Crippen molar-refractivity contribution in [3.05, 3.63) is 0 Å². The number of thiocarbonyl (C=S) groups is 2. The van der Waals surface area contributed by atoms with E-state index in [1.807, 2.05) is 76.0 Å². The van der Waals surface area contributed by atoms with Crippen LogP contribution in [0.5, 0.6) is 0 Å². The summed E-state index contributed by atoms with van der Waals surface area (Å²) < 4.78 is 40.4. The van der Waals surface area contributed by atoms with Crippen molar-refractivity contribution in [2.75, 3.05) is 56.4 Å². The lowest BCUT2D eigenvalue weighted by Crippen LogP contribution is -2.32. The molecule has 0 bridgehead atoms. The van der Waals surface area contributed by atoms with Gasteiger partial charge < -0.3 is 59.8 Å². The fraction of sp³-hybridized carbons (Fsp3) is 0.800. The summed E-state index contributed by atoms with van der Waals surface area (Å²) in [6.45, 7) is 0. The van der Waals surface area contributed by atoms with Crippen LogP contribution in [0.4, 0.5) is 17.3 Å². The molecule has 32 heavy (non-hydrogen) atoms. The molecule has 0 aliphatic heterocycles. The fourth-order valence-corrected chi connectivity index (χ4v) is 0.800. The Kier molecular flexibility index (Phi) is 41.9. The SMILES string of the molecule is CN(C)C(=S)N(C)C.CN(C)C(=S)N(C)C.OB(O)F.OB(O)F.OB(O)F.OB(O)F. The minimum atomic E-state index is -2.67. The van der Waals surface area contributed by atoms with Gasteiger partial charge in [0.15, 0.2) is 10.2 Å². The van der Waals surface area contributed by atoms with Crippen molar-refractivity contribution in [1.29, 1.82) is 0 Å². The molecule has 0 saturated carbocycles. The predicted molar refractivity (Wildman–Crippen MR) is 125 cm³/mol. The number of hydrogen-bond donors (Lipinski definition) is 8. The van der Waals surface area contributed by atoms with Gasteiger partial charge in [-0.1, -0.05) is 0 Å². The molecule has 0 aromatic carbocycles. The number of nitrogens with zero attached hydrogens (tertiary/aromatic N) is 4. The normalized spacial score (nSPS) is 7.62. The third kappa shape index (κ3) is 101. The summed E-state index contributed by atoms with van der Waals surface area (Å²) in [4.78, 5) is 7.59. The maximum atomic E-state index is 10.1. The Bertz CT molecular complexity index is 346. The highest BCUT2D eigenvalue weighted by molar-refractivity contribution is 7.80. The van der Waals surface area contributed by atoms with Gasteiger partial charge in [-0.15, -0.1) is 0 Å². The highest BCUT2D eigenvalue weighted by Gasteiger charge is 1.99. The zero-order chi connectivity index (χ0) is 27.8. The lowest BCUT2D eigenvalue weighted by molar-refractivity contribution is 0.338. The van der Waals surface area contributed by atoms with E-state index in [4.69, 9.17) is 64.6 Å². The summed E-state index contributed by atoms with van der Waals surface area (Å²) in [6.07, 6.45) is 0. The first-order valence-corrected chi connectivity index (χ1v) is 8.64. The summed E-state index contributed by atoms with van der Waals surface area (Å²) >= 11 is 9.91. The highest BCUT2D eigenvalue weighted by Crippen LogP contribution is 1.85. The van der Waals surface area contributed by atoms with Gasteiger partial charge in [0.25, 0.3) is 0 Å². The molecule has 12 nitrogen and oxygen atoms in total. The Labute approximate surface area is 198 Å². The molecule has 0 fully saturated rings. The maximum Gasteiger partial charge on any atom is 0.674 e. The molecule has 0 aromatic heterocycles. The van der Waals surface area contributed by atoms with E-state index in [9.17, 15) is 17.3 Å². The molecule has 0 atom stereocenters. The Morgan fingerprint density at radius 2 is 0.500 bits per heavy atom. The number of rotatable bonds is 0. The number of halogens is 4. The van der Waals surface area contributed by atoms with Crippen molar-refractivity contribution >= 4 is 64.2 Å². The van der Waals surface area contributed by atoms with E-state index in [0.29, 0.717) is 0 Å². The second kappa shape index (κ2) is 30.0. The minimum Gasteiger partial charge on any atom is -0.398 e. The quantitative estimate of drug-likeness (QED) is 0.0898. The molecule has 0 amide bonds. The van der Waals surface area contributed by atoms with E-state index in [-0.39, 0.29) is 0 Å². The molecule has 0 saturated heterocycles. The average Bonchev–Trinajstić information content (AvgIpc) is 2.51. The molecule has 0 aromatic rings. The van der Waals surface area contributed by atoms with Gasteiger partial charge in [-0.3, -0.25) is 17.3 Å². The van der Waals surface area contributed by atoms with Crippen LogP contribution in [0.3, 0.4) is 0 Å². The van der Waals surface area contributed by atoms with Crippen LogP contribution in [0.1, 0.15) is 0 Å². The van der Waals surface area contributed by atoms with E-state index < -0.39 is 29.6 Å². The summed E-state index contributed by atoms with van der Waals surface area (Å²) in [7, 11) is 4.80. The van der Waals surface area contributed by atoms with Crippen molar-refractivity contribution in [1.82, 2.24) is 19.6 Å². The molecule has 0 aliphatic rings. The van der Waals surface area contributed by atoms with Crippen LogP contribution in [0.2, 0.25) is 0 Å². The van der Waals surface area contributed by atoms with Gasteiger partial charge in [0, 0.05) is 56.4 Å². The first-order valence-electron chi connectivity index (χ1n) is 7.82. The van der Waals surface area contributed by atoms with E-state index >= 15 is 0 Å². The van der Waals surface area contributed by atoms with Crippen LogP contribution in [0.25, 0.3) is 0 Å². The van der Waals surface area contributed by atoms with E-state index in [1.165, 1.54) is 0 Å². The first-order chi connectivity index (χ1) is 14.0. The third-order valence-electron chi connectivity index (χ3n) is 1.53. The van der Waals surface area contributed by atoms with E-state index in [2.05, 4.69) is 0 Å². The zero-order valence-electron chi connectivity index (χ0n) is 19.0. The molecule has 0 heterocycles. The highest BCUT2D eigenvalue weighted by atomic mass is 32.1. The minimum absolute atomic E-state index is 0.852. The standard InChI is InChI=1S/2C5H12N2S.4BFH2O2/c2*1-6(2)5(8)7(3)4;4*2-1(3)4/h2*1-4H3;4*3-4H. The van der Waals surface area contributed by atoms with Gasteiger partial charge in [0.05, 0.1) is 0 Å². The van der Waals surface area contributed by atoms with Gasteiger partial charge in [-0.05, 0) is 24.4 Å². The van der Waals surface area contributed by atoms with Gasteiger partial charge in [0.2, 0.25) is 0 Å². The molecular formula is C10H32B4F4N4O8S2. The lowest BCUT2D eigenvalue weighted by atomic mass is 10.3. The molecule has 0 rings (SSSR count). The summed E-state index contributed by atoms with van der Waals surface area (Å²) in [6, 6.07) is 0. The Morgan fingerprint density at radius 1 is 0.438 bits per heavy atom. The molecular weight excluding hydrogens is 488 g/mol. The van der Waals surface area contributed by atoms with Gasteiger partial charge in [-0.25, -0.2) is 0 Å². The summed E-state index contributed by atoms with van der Waals surface area (Å²) in [5, 5.41) is 57.3. The second-order valence-corrected chi connectivity index (χ2v) is 6.12. The molecule has 0 spiro atoms. The number of hydrogen-bond acceptors (Lipinski definition) is 10. The van der Waals surface area contributed by atoms with Gasteiger partial charge in [0.1, 0.15) is 0 Å². The zero-order valence-corrected chi connectivity index (χ0v) is 20.6. The topological polar surface area (TPSA) is 175 Å². The van der Waals surface area contributed by atoms with Crippen LogP contribution in [0.15, 0.2) is 0 Å². The molecule has 22 heteroatoms. The molecule has 0 radical (unpaired) electrons. The fourth-order valence-electron chi connectivity index (χ4n) is 0.800. The van der Waals surface area contributed by atoms with Crippen molar-refractivity contribution in [2.45, 2.75) is 0 Å². The van der Waals surface area contributed by atoms with E-state index in [1.54, 1.807) is 0 Å². The first kappa shape index (κ1) is 44.7. The summed E-state index contributed by atoms with van der Waals surface area (Å²) in [5.74, 6) is 0. The smallest absolute Gasteiger partial charge is 0.398 e. The van der Waals surface area contributed by atoms with Crippen molar-refractivity contribution in [3.8, 4) is 0 Å². The Balaban J connectivity index is -0.0000000658. The van der Waals surface area contributed by atoms with Crippen molar-refractivity contribution < 1.29 is 57.5 Å². The molecule has 0 aliphatic carbocycles. The van der Waals surface area contributed by atoms with Gasteiger partial charge >= 0.3 is 29.6 Å². The summed E-state index contributed by atoms with van der Waals surface area (Å²) in [5.41, 5.74) is 0. The lowest BCUT2D eigenvalue weighted by Gasteiger charge is -2.20. The average molecular weight is 520 g/mol. The third-order valence-corrected chi connectivity index (χ3v) is 2.99. The Hall–Kier alpha value is -0.960. The van der Waals surface area contributed by atoms with E-state index in [0.717, 1.165) is 10.2 Å². The van der Waals surface area contributed by atoms with Crippen LogP contribution in [-0.4, -0.2) is 156 Å². The van der Waals surface area contributed by atoms with Crippen LogP contribution < -0.4 is 0 Å². The largest absolute Gasteiger partial charge is 0.674 e. The maximum absolute atomic E-state index is 10.1. The van der Waals surface area contributed by atoms with Crippen molar-refractivity contribution in [2.24, 2.45) is 0 Å². The molecule has 8 N–H and O–H groups in total. The monoisotopic (exact) mass is 520 g/mol. The van der Waals surface area contributed by atoms with Crippen molar-refractivity contribution in [3.63, 3.8) is 0 Å². The molecule has 192 valence electrons. The van der Waals surface area contributed by atoms with Crippen LogP contribution in [0, 0.1) is 0 Å². The van der Waals surface area contributed by atoms with Crippen LogP contribution >= 0.6 is 24.4 Å². The van der Waals surface area contributed by atoms with Crippen LogP contribution in [-0.2, 0) is 0 Å². The Morgan fingerprint density at radius 3 is 0.500 bits per heavy atom.